The maximum atomic E-state index is 15.3. The number of aromatic nitrogens is 7. The van der Waals surface area contributed by atoms with Crippen molar-refractivity contribution in [1.82, 2.24) is 75.9 Å². The molecule has 1 aromatic carbocycles. The molecule has 6 aliphatic heterocycles. The summed E-state index contributed by atoms with van der Waals surface area (Å²) < 4.78 is 45.1. The Balaban J connectivity index is 0.906. The van der Waals surface area contributed by atoms with Gasteiger partial charge in [0.2, 0.25) is 11.8 Å². The number of carbonyl (C=O) groups excluding carboxylic acids is 8. The third kappa shape index (κ3) is 14.4. The van der Waals surface area contributed by atoms with Crippen molar-refractivity contribution < 1.29 is 86.9 Å². The second-order valence-corrected chi connectivity index (χ2v) is 30.4. The van der Waals surface area contributed by atoms with Crippen molar-refractivity contribution in [3.8, 4) is 38.4 Å². The first kappa shape index (κ1) is 72.6. The van der Waals surface area contributed by atoms with E-state index in [9.17, 15) is 34.6 Å². The average Bonchev–Trinajstić information content (AvgIpc) is 1.62. The number of benzene rings is 1. The van der Waals surface area contributed by atoms with Crippen LogP contribution in [0, 0.1) is 0 Å². The quantitative estimate of drug-likeness (QED) is 0.0538. The number of aliphatic hydroxyl groups excluding tert-OH is 1. The van der Waals surface area contributed by atoms with Crippen LogP contribution in [0.25, 0.3) is 49.3 Å². The number of allylic oxidation sites excluding steroid dienone is 1. The fourth-order valence-corrected chi connectivity index (χ4v) is 17.7. The van der Waals surface area contributed by atoms with Gasteiger partial charge >= 0.3 is 11.9 Å². The number of aromatic hydroxyl groups is 1. The number of pyridine rings is 1. The van der Waals surface area contributed by atoms with Crippen LogP contribution in [0.1, 0.15) is 125 Å². The van der Waals surface area contributed by atoms with E-state index in [2.05, 4.69) is 46.4 Å². The van der Waals surface area contributed by atoms with Crippen LogP contribution in [0.4, 0.5) is 0 Å². The van der Waals surface area contributed by atoms with Crippen molar-refractivity contribution in [2.45, 2.75) is 114 Å². The molecule has 14 rings (SSSR count). The van der Waals surface area contributed by atoms with Crippen molar-refractivity contribution in [2.75, 3.05) is 67.3 Å². The van der Waals surface area contributed by atoms with Crippen LogP contribution in [0.15, 0.2) is 56.9 Å². The summed E-state index contributed by atoms with van der Waals surface area (Å²) in [5.41, 5.74) is 3.97. The molecule has 0 saturated carbocycles. The number of methoxy groups -OCH3 is 1. The number of primary amides is 1. The van der Waals surface area contributed by atoms with E-state index in [1.807, 2.05) is 37.7 Å². The van der Waals surface area contributed by atoms with E-state index < -0.39 is 139 Å². The number of nitrogens with one attached hydrogen (secondary N) is 5. The number of hydrogen-bond donors (Lipinski definition) is 9. The number of ether oxygens (including phenoxy) is 7. The molecule has 6 aliphatic rings. The Labute approximate surface area is 616 Å². The number of nitrogens with two attached hydrogens (primary N) is 1. The monoisotopic (exact) mass is 1530 g/mol. The van der Waals surface area contributed by atoms with E-state index in [1.54, 1.807) is 17.5 Å². The number of hydrogen-bond acceptors (Lipinski definition) is 32. The van der Waals surface area contributed by atoms with Gasteiger partial charge in [-0.1, -0.05) is 12.1 Å². The summed E-state index contributed by atoms with van der Waals surface area (Å²) in [6.07, 6.45) is -6.77. The minimum Gasteiger partial charge on any atom is -0.506 e. The van der Waals surface area contributed by atoms with Crippen molar-refractivity contribution in [1.29, 1.82) is 0 Å². The molecule has 3 saturated heterocycles. The lowest BCUT2D eigenvalue weighted by atomic mass is 9.86. The van der Waals surface area contributed by atoms with Crippen LogP contribution in [-0.4, -0.2) is 234 Å². The molecule has 6 amide bonds. The van der Waals surface area contributed by atoms with E-state index in [4.69, 9.17) is 53.8 Å². The molecule has 11 unspecified atom stereocenters. The lowest BCUT2D eigenvalue weighted by Crippen LogP contribution is -2.58. The van der Waals surface area contributed by atoms with E-state index in [0.29, 0.717) is 23.4 Å². The first-order valence-corrected chi connectivity index (χ1v) is 37.4. The summed E-state index contributed by atoms with van der Waals surface area (Å²) in [6, 6.07) is 0.0721. The van der Waals surface area contributed by atoms with Gasteiger partial charge in [-0.25, -0.2) is 39.5 Å². The second kappa shape index (κ2) is 29.5. The minimum absolute atomic E-state index is 0.00117. The molecule has 105 heavy (non-hydrogen) atoms. The fourth-order valence-electron chi connectivity index (χ4n) is 13.5. The Morgan fingerprint density at radius 1 is 0.829 bits per heavy atom. The van der Waals surface area contributed by atoms with Crippen LogP contribution in [-0.2, 0) is 60.8 Å². The summed E-state index contributed by atoms with van der Waals surface area (Å²) in [5, 5.41) is 56.7. The number of fused-ring (bicyclic) bond motifs is 16. The van der Waals surface area contributed by atoms with Crippen LogP contribution >= 0.6 is 56.7 Å². The standard InChI is InChI=1S/C66H70N16O18S5/c1-27(83)44-58(90)77-45(28(2)94-7)61-72-39(25-103-61)57(89)78-48-50-51(100-42-16-66(4)52(29(3)99-42)80(6)26-98-66)65(92)96-18-30-9-8-10-40-43(30)32(19-95-50)49(82(40)93)64(91)97-20-34(69-55(87)37-24-105-63(48)74-37)60-70-35(21-102-60)46-31(59-71-38(22-101-59)56(88)76-44)15-41(84)47(75-46)62-73-36(23-104-62)54(86)68-33(53(67)85)17-81-13-11-79(5)12-14-81/h8-10,15,21-25,27,29,33-34,42,44,48,50-52,83-84,93H,11-14,16-20,26H2,1-7H3,(H2,67,85)(H,68,86)(H,69,87)(H,76,88)(H,77,90)(H,78,89)/b45-28+. The molecule has 11 atom stereocenters. The zero-order valence-corrected chi connectivity index (χ0v) is 61.2. The summed E-state index contributed by atoms with van der Waals surface area (Å²) in [7, 11) is 5.20. The number of piperazine rings is 1. The zero-order chi connectivity index (χ0) is 74.0. The van der Waals surface area contributed by atoms with Gasteiger partial charge in [0.25, 0.3) is 23.6 Å². The number of aliphatic hydroxyl groups is 1. The van der Waals surface area contributed by atoms with Gasteiger partial charge in [0.1, 0.15) is 126 Å². The van der Waals surface area contributed by atoms with Gasteiger partial charge in [0, 0.05) is 82.6 Å². The van der Waals surface area contributed by atoms with Gasteiger partial charge < -0.3 is 85.8 Å². The smallest absolute Gasteiger partial charge is 0.358 e. The lowest BCUT2D eigenvalue weighted by Gasteiger charge is -2.45. The topological polar surface area (TPSA) is 440 Å². The Bertz CT molecular complexity index is 4810. The summed E-state index contributed by atoms with van der Waals surface area (Å²) in [5.74, 6) is -7.69. The number of cyclic esters (lactones) is 2. The second-order valence-electron chi connectivity index (χ2n) is 26.1. The molecule has 7 aromatic heterocycles. The van der Waals surface area contributed by atoms with Gasteiger partial charge in [-0.2, -0.15) is 4.73 Å². The lowest BCUT2D eigenvalue weighted by molar-refractivity contribution is -0.268. The van der Waals surface area contributed by atoms with Crippen molar-refractivity contribution in [3.63, 3.8) is 0 Å². The molecule has 39 heteroatoms. The normalized spacial score (nSPS) is 25.5. The minimum atomic E-state index is -1.84. The summed E-state index contributed by atoms with van der Waals surface area (Å²) in [6.45, 7) is 8.00. The number of nitrogens with zero attached hydrogens (tertiary/aromatic N) is 10. The molecule has 10 N–H and O–H groups in total. The number of rotatable bonds is 10. The molecule has 8 aromatic rings. The Hall–Kier alpha value is -9.36. The average molecular weight is 1540 g/mol. The highest BCUT2D eigenvalue weighted by molar-refractivity contribution is 7.14. The molecule has 0 spiro atoms. The number of likely N-dealkylation sites (N-methyl/N-ethyl adjacent to an activating group) is 2. The first-order valence-electron chi connectivity index (χ1n) is 33.0. The van der Waals surface area contributed by atoms with E-state index in [1.165, 1.54) is 54.6 Å². The number of esters is 2. The van der Waals surface area contributed by atoms with Gasteiger partial charge in [0.15, 0.2) is 18.1 Å². The molecular formula is C66H70N16O18S5. The van der Waals surface area contributed by atoms with Gasteiger partial charge in [-0.15, -0.1) is 56.7 Å². The largest absolute Gasteiger partial charge is 0.506 e. The van der Waals surface area contributed by atoms with Crippen LogP contribution in [0.2, 0.25) is 0 Å². The van der Waals surface area contributed by atoms with Gasteiger partial charge in [0.05, 0.1) is 49.8 Å². The molecule has 552 valence electrons. The van der Waals surface area contributed by atoms with Crippen molar-refractivity contribution >= 4 is 121 Å². The Morgan fingerprint density at radius 3 is 2.27 bits per heavy atom. The summed E-state index contributed by atoms with van der Waals surface area (Å²) >= 11 is 4.62. The third-order valence-corrected chi connectivity index (χ3v) is 23.4. The van der Waals surface area contributed by atoms with Crippen molar-refractivity contribution in [3.05, 3.63) is 112 Å². The molecule has 13 heterocycles. The zero-order valence-electron chi connectivity index (χ0n) is 57.1. The molecule has 0 aliphatic carbocycles. The van der Waals surface area contributed by atoms with Crippen LogP contribution < -0.4 is 32.3 Å². The predicted molar refractivity (Wildman–Crippen MR) is 376 cm³/mol. The molecule has 0 radical (unpaired) electrons. The summed E-state index contributed by atoms with van der Waals surface area (Å²) in [4.78, 5) is 151. The number of carbonyl (C=O) groups is 8. The van der Waals surface area contributed by atoms with Gasteiger partial charge in [-0.3, -0.25) is 38.6 Å². The molecule has 34 nitrogen and oxygen atoms in total. The van der Waals surface area contributed by atoms with Gasteiger partial charge in [-0.05, 0) is 59.5 Å². The molecule has 12 bridgehead atoms. The first-order chi connectivity index (χ1) is 50.3. The predicted octanol–water partition coefficient (Wildman–Crippen LogP) is 3.36. The fraction of sp³-hybridized carbons (Fsp3) is 0.424. The highest BCUT2D eigenvalue weighted by atomic mass is 32.1. The van der Waals surface area contributed by atoms with Crippen LogP contribution in [0.5, 0.6) is 5.75 Å². The highest BCUT2D eigenvalue weighted by Crippen LogP contribution is 2.44. The molecular weight excluding hydrogens is 1470 g/mol. The van der Waals surface area contributed by atoms with E-state index in [0.717, 1.165) is 69.8 Å². The number of thiazole rings is 5. The van der Waals surface area contributed by atoms with Crippen LogP contribution in [0.3, 0.4) is 0 Å². The maximum absolute atomic E-state index is 15.3. The Kier molecular flexibility index (Phi) is 20.4. The third-order valence-electron chi connectivity index (χ3n) is 18.9. The van der Waals surface area contributed by atoms with E-state index >= 15 is 19.2 Å². The maximum Gasteiger partial charge on any atom is 0.358 e. The highest BCUT2D eigenvalue weighted by Gasteiger charge is 2.54. The SMILES string of the molecule is CO/C(C)=C1/NC(=O)C(C(C)O)NC(=O)c2csc(n2)-c2cc(O)c(-c3nc(C(=O)NC(CN4CCN(C)CC4)C(N)=O)cs3)nc2-c2csc(n2)C2COC(=O)c3c4c5c(cccc5n3O)COC(=O)C(OC3CC5(C)OCN(C)C5C(C)O3)C(OC4)C(NC(=O)c3csc1n3)c1nc(cs1)C(=O)N2. The Morgan fingerprint density at radius 2 is 1.51 bits per heavy atom. The number of amides is 6. The molecule has 3 fully saturated rings. The van der Waals surface area contributed by atoms with Crippen molar-refractivity contribution in [2.24, 2.45) is 5.73 Å². The van der Waals surface area contributed by atoms with E-state index in [-0.39, 0.29) is 124 Å².